The standard InChI is InChI=1S/C18H18N4O3/c23-17(20-15-3-4-16-14(8-15)9-19-21-16)12-2-1-6-22(10-12)18(24)13-5-7-25-11-13/h3-5,7-9,11-12H,1-2,6,10H2,(H,19,21)(H,20,23)/t12-/m1/s1. The molecule has 2 aromatic heterocycles. The quantitative estimate of drug-likeness (QED) is 0.768. The van der Waals surface area contributed by atoms with Gasteiger partial charge < -0.3 is 14.6 Å². The minimum Gasteiger partial charge on any atom is -0.472 e. The monoisotopic (exact) mass is 338 g/mol. The lowest BCUT2D eigenvalue weighted by Gasteiger charge is -2.31. The highest BCUT2D eigenvalue weighted by Gasteiger charge is 2.29. The molecule has 7 heteroatoms. The van der Waals surface area contributed by atoms with Crippen molar-refractivity contribution in [2.75, 3.05) is 18.4 Å². The topological polar surface area (TPSA) is 91.2 Å². The molecule has 0 aliphatic carbocycles. The minimum absolute atomic E-state index is 0.0625. The molecule has 1 atom stereocenters. The van der Waals surface area contributed by atoms with Gasteiger partial charge in [0, 0.05) is 24.2 Å². The number of rotatable bonds is 3. The van der Waals surface area contributed by atoms with Gasteiger partial charge in [0.2, 0.25) is 5.91 Å². The molecule has 0 spiro atoms. The molecule has 2 amide bonds. The zero-order chi connectivity index (χ0) is 17.2. The van der Waals surface area contributed by atoms with Crippen molar-refractivity contribution in [1.29, 1.82) is 0 Å². The lowest BCUT2D eigenvalue weighted by Crippen LogP contribution is -2.43. The van der Waals surface area contributed by atoms with E-state index in [4.69, 9.17) is 4.42 Å². The number of H-pyrrole nitrogens is 1. The van der Waals surface area contributed by atoms with E-state index in [1.165, 1.54) is 12.5 Å². The van der Waals surface area contributed by atoms with Gasteiger partial charge in [-0.1, -0.05) is 0 Å². The molecular formula is C18H18N4O3. The molecule has 2 N–H and O–H groups in total. The van der Waals surface area contributed by atoms with Gasteiger partial charge in [-0.3, -0.25) is 14.7 Å². The Morgan fingerprint density at radius 3 is 3.08 bits per heavy atom. The molecule has 0 unspecified atom stereocenters. The molecule has 1 fully saturated rings. The molecule has 1 aliphatic rings. The number of hydrogen-bond donors (Lipinski definition) is 2. The van der Waals surface area contributed by atoms with E-state index in [2.05, 4.69) is 15.5 Å². The molecule has 7 nitrogen and oxygen atoms in total. The van der Waals surface area contributed by atoms with Crippen molar-refractivity contribution >= 4 is 28.4 Å². The number of aromatic nitrogens is 2. The minimum atomic E-state index is -0.218. The summed E-state index contributed by atoms with van der Waals surface area (Å²) in [4.78, 5) is 26.8. The summed E-state index contributed by atoms with van der Waals surface area (Å²) in [6.45, 7) is 1.08. The smallest absolute Gasteiger partial charge is 0.257 e. The number of hydrogen-bond acceptors (Lipinski definition) is 4. The van der Waals surface area contributed by atoms with Crippen LogP contribution in [0.4, 0.5) is 5.69 Å². The van der Waals surface area contributed by atoms with Gasteiger partial charge in [0.25, 0.3) is 5.91 Å². The van der Waals surface area contributed by atoms with E-state index in [9.17, 15) is 9.59 Å². The van der Waals surface area contributed by atoms with Crippen molar-refractivity contribution in [3.05, 3.63) is 48.6 Å². The third-order valence-electron chi connectivity index (χ3n) is 4.56. The van der Waals surface area contributed by atoms with Crippen molar-refractivity contribution in [1.82, 2.24) is 15.1 Å². The number of nitrogens with one attached hydrogen (secondary N) is 2. The lowest BCUT2D eigenvalue weighted by molar-refractivity contribution is -0.121. The number of piperidine rings is 1. The summed E-state index contributed by atoms with van der Waals surface area (Å²) in [6.07, 6.45) is 6.22. The maximum Gasteiger partial charge on any atom is 0.257 e. The molecule has 3 aromatic rings. The van der Waals surface area contributed by atoms with Crippen molar-refractivity contribution in [3.8, 4) is 0 Å². The van der Waals surface area contributed by atoms with Crippen LogP contribution in [0.25, 0.3) is 10.9 Å². The van der Waals surface area contributed by atoms with Gasteiger partial charge in [-0.25, -0.2) is 0 Å². The normalized spacial score (nSPS) is 17.6. The molecular weight excluding hydrogens is 320 g/mol. The first-order valence-corrected chi connectivity index (χ1v) is 8.26. The Bertz CT molecular complexity index is 900. The van der Waals surface area contributed by atoms with Crippen LogP contribution in [0.5, 0.6) is 0 Å². The Hall–Kier alpha value is -3.09. The van der Waals surface area contributed by atoms with Crippen LogP contribution < -0.4 is 5.32 Å². The first-order chi connectivity index (χ1) is 12.2. The van der Waals surface area contributed by atoms with Gasteiger partial charge in [-0.15, -0.1) is 0 Å². The number of benzene rings is 1. The summed E-state index contributed by atoms with van der Waals surface area (Å²) in [5.41, 5.74) is 2.18. The number of anilines is 1. The molecule has 0 saturated carbocycles. The molecule has 3 heterocycles. The van der Waals surface area contributed by atoms with Gasteiger partial charge in [0.15, 0.2) is 0 Å². The number of carbonyl (C=O) groups excluding carboxylic acids is 2. The van der Waals surface area contributed by atoms with Crippen LogP contribution in [0, 0.1) is 5.92 Å². The first-order valence-electron chi connectivity index (χ1n) is 8.26. The Balaban J connectivity index is 1.43. The Morgan fingerprint density at radius 1 is 1.32 bits per heavy atom. The highest BCUT2D eigenvalue weighted by atomic mass is 16.3. The van der Waals surface area contributed by atoms with Crippen molar-refractivity contribution in [2.45, 2.75) is 12.8 Å². The number of nitrogens with zero attached hydrogens (tertiary/aromatic N) is 2. The zero-order valence-corrected chi connectivity index (χ0v) is 13.6. The Morgan fingerprint density at radius 2 is 2.24 bits per heavy atom. The van der Waals surface area contributed by atoms with Crippen LogP contribution in [-0.4, -0.2) is 40.0 Å². The van der Waals surface area contributed by atoms with E-state index >= 15 is 0 Å². The average Bonchev–Trinajstić information content (AvgIpc) is 3.32. The lowest BCUT2D eigenvalue weighted by atomic mass is 9.96. The van der Waals surface area contributed by atoms with E-state index in [-0.39, 0.29) is 17.7 Å². The Labute approximate surface area is 144 Å². The van der Waals surface area contributed by atoms with E-state index in [0.29, 0.717) is 18.7 Å². The second-order valence-electron chi connectivity index (χ2n) is 6.26. The third-order valence-corrected chi connectivity index (χ3v) is 4.56. The van der Waals surface area contributed by atoms with E-state index in [1.807, 2.05) is 18.2 Å². The van der Waals surface area contributed by atoms with E-state index in [1.54, 1.807) is 17.2 Å². The molecule has 1 aliphatic heterocycles. The highest BCUT2D eigenvalue weighted by Crippen LogP contribution is 2.22. The molecule has 0 radical (unpaired) electrons. The molecule has 128 valence electrons. The van der Waals surface area contributed by atoms with Gasteiger partial charge in [0.1, 0.15) is 6.26 Å². The second-order valence-corrected chi connectivity index (χ2v) is 6.26. The molecule has 25 heavy (non-hydrogen) atoms. The van der Waals surface area contributed by atoms with Crippen LogP contribution in [0.3, 0.4) is 0 Å². The van der Waals surface area contributed by atoms with Crippen LogP contribution in [0.1, 0.15) is 23.2 Å². The molecule has 1 saturated heterocycles. The van der Waals surface area contributed by atoms with Crippen LogP contribution in [0.2, 0.25) is 0 Å². The number of furan rings is 1. The summed E-state index contributed by atoms with van der Waals surface area (Å²) >= 11 is 0. The summed E-state index contributed by atoms with van der Waals surface area (Å²) in [5.74, 6) is -0.372. The van der Waals surface area contributed by atoms with Crippen molar-refractivity contribution in [3.63, 3.8) is 0 Å². The maximum atomic E-state index is 12.6. The van der Waals surface area contributed by atoms with Gasteiger partial charge in [-0.2, -0.15) is 5.10 Å². The molecule has 0 bridgehead atoms. The largest absolute Gasteiger partial charge is 0.472 e. The predicted molar refractivity (Wildman–Crippen MR) is 92.1 cm³/mol. The highest BCUT2D eigenvalue weighted by molar-refractivity contribution is 5.97. The number of carbonyl (C=O) groups is 2. The van der Waals surface area contributed by atoms with E-state index in [0.717, 1.165) is 29.4 Å². The summed E-state index contributed by atoms with van der Waals surface area (Å²) in [6, 6.07) is 7.25. The van der Waals surface area contributed by atoms with Crippen LogP contribution in [0.15, 0.2) is 47.4 Å². The number of likely N-dealkylation sites (tertiary alicyclic amines) is 1. The SMILES string of the molecule is O=C(Nc1ccc2[nH]ncc2c1)[C@@H]1CCCN(C(=O)c2ccoc2)C1. The average molecular weight is 338 g/mol. The molecule has 1 aromatic carbocycles. The fourth-order valence-corrected chi connectivity index (χ4v) is 3.21. The van der Waals surface area contributed by atoms with Crippen LogP contribution >= 0.6 is 0 Å². The first kappa shape index (κ1) is 15.4. The fraction of sp³-hybridized carbons (Fsp3) is 0.278. The number of amides is 2. The number of fused-ring (bicyclic) bond motifs is 1. The van der Waals surface area contributed by atoms with E-state index < -0.39 is 0 Å². The molecule has 4 rings (SSSR count). The zero-order valence-electron chi connectivity index (χ0n) is 13.6. The summed E-state index contributed by atoms with van der Waals surface area (Å²) in [7, 11) is 0. The Kier molecular flexibility index (Phi) is 3.97. The third kappa shape index (κ3) is 3.13. The predicted octanol–water partition coefficient (Wildman–Crippen LogP) is 2.65. The van der Waals surface area contributed by atoms with Crippen LogP contribution in [-0.2, 0) is 4.79 Å². The van der Waals surface area contributed by atoms with Gasteiger partial charge in [-0.05, 0) is 37.1 Å². The summed E-state index contributed by atoms with van der Waals surface area (Å²) in [5, 5.41) is 10.7. The summed E-state index contributed by atoms with van der Waals surface area (Å²) < 4.78 is 4.97. The fourth-order valence-electron chi connectivity index (χ4n) is 3.21. The maximum absolute atomic E-state index is 12.6. The van der Waals surface area contributed by atoms with Crippen molar-refractivity contribution < 1.29 is 14.0 Å². The van der Waals surface area contributed by atoms with Gasteiger partial charge in [0.05, 0.1) is 29.5 Å². The number of aromatic amines is 1. The second kappa shape index (κ2) is 6.43. The van der Waals surface area contributed by atoms with Crippen molar-refractivity contribution in [2.24, 2.45) is 5.92 Å². The van der Waals surface area contributed by atoms with Gasteiger partial charge >= 0.3 is 0 Å².